The van der Waals surface area contributed by atoms with E-state index in [4.69, 9.17) is 11.6 Å². The predicted octanol–water partition coefficient (Wildman–Crippen LogP) is 4.27. The topological polar surface area (TPSA) is 12.0 Å². The average molecular weight is 242 g/mol. The molecular weight excluding hydrogens is 218 g/mol. The Labute approximate surface area is 105 Å². The zero-order valence-electron chi connectivity index (χ0n) is 10.9. The number of halogens is 1. The van der Waals surface area contributed by atoms with Crippen molar-refractivity contribution in [3.05, 3.63) is 35.6 Å². The van der Waals surface area contributed by atoms with Gasteiger partial charge in [0, 0.05) is 24.0 Å². The first-order valence-corrected chi connectivity index (χ1v) is 6.50. The molecule has 0 spiro atoms. The molecule has 0 radical (unpaired) electrons. The molecule has 0 aromatic rings. The van der Waals surface area contributed by atoms with E-state index < -0.39 is 0 Å². The summed E-state index contributed by atoms with van der Waals surface area (Å²) >= 11 is 5.60. The Morgan fingerprint density at radius 3 is 2.62 bits per heavy atom. The fraction of sp³-hybridized carbons (Fsp3) is 0.571. The summed E-state index contributed by atoms with van der Waals surface area (Å²) in [5.74, 6) is 1.14. The van der Waals surface area contributed by atoms with Crippen molar-refractivity contribution in [2.24, 2.45) is 5.92 Å². The van der Waals surface area contributed by atoms with E-state index >= 15 is 0 Å². The van der Waals surface area contributed by atoms with Gasteiger partial charge in [0.15, 0.2) is 0 Å². The van der Waals surface area contributed by atoms with E-state index in [-0.39, 0.29) is 0 Å². The molecule has 0 rings (SSSR count). The summed E-state index contributed by atoms with van der Waals surface area (Å²) in [6.45, 7) is 9.55. The second kappa shape index (κ2) is 9.53. The summed E-state index contributed by atoms with van der Waals surface area (Å²) in [5, 5.41) is 3.39. The minimum Gasteiger partial charge on any atom is -0.388 e. The van der Waals surface area contributed by atoms with Crippen molar-refractivity contribution in [1.29, 1.82) is 0 Å². The van der Waals surface area contributed by atoms with Gasteiger partial charge in [-0.1, -0.05) is 36.8 Å². The highest BCUT2D eigenvalue weighted by molar-refractivity contribution is 6.17. The molecule has 1 N–H and O–H groups in total. The molecule has 2 heteroatoms. The minimum absolute atomic E-state index is 0.450. The Kier molecular flexibility index (Phi) is 9.12. The van der Waals surface area contributed by atoms with E-state index in [9.17, 15) is 0 Å². The number of nitrogens with one attached hydrogen (secondary N) is 1. The third kappa shape index (κ3) is 6.02. The van der Waals surface area contributed by atoms with Crippen molar-refractivity contribution in [2.75, 3.05) is 12.4 Å². The Morgan fingerprint density at radius 1 is 1.44 bits per heavy atom. The number of allylic oxidation sites excluding steroid dienone is 5. The largest absolute Gasteiger partial charge is 0.388 e. The van der Waals surface area contributed by atoms with Gasteiger partial charge in [-0.25, -0.2) is 0 Å². The van der Waals surface area contributed by atoms with E-state index in [1.54, 1.807) is 0 Å². The van der Waals surface area contributed by atoms with Crippen LogP contribution >= 0.6 is 11.6 Å². The Bertz CT molecular complexity index is 264. The zero-order chi connectivity index (χ0) is 12.4. The number of hydrogen-bond donors (Lipinski definition) is 1. The van der Waals surface area contributed by atoms with E-state index in [0.29, 0.717) is 11.8 Å². The van der Waals surface area contributed by atoms with Crippen molar-refractivity contribution in [1.82, 2.24) is 5.32 Å². The van der Waals surface area contributed by atoms with E-state index in [1.807, 2.05) is 0 Å². The maximum absolute atomic E-state index is 5.60. The second-order valence-electron chi connectivity index (χ2n) is 3.81. The van der Waals surface area contributed by atoms with Gasteiger partial charge in [0.25, 0.3) is 0 Å². The van der Waals surface area contributed by atoms with Gasteiger partial charge in [-0.2, -0.15) is 0 Å². The van der Waals surface area contributed by atoms with Crippen LogP contribution in [-0.2, 0) is 0 Å². The molecule has 1 atom stereocenters. The van der Waals surface area contributed by atoms with Crippen LogP contribution in [0.5, 0.6) is 0 Å². The van der Waals surface area contributed by atoms with Gasteiger partial charge >= 0.3 is 0 Å². The predicted molar refractivity (Wildman–Crippen MR) is 74.8 cm³/mol. The summed E-state index contributed by atoms with van der Waals surface area (Å²) in [7, 11) is 0. The summed E-state index contributed by atoms with van der Waals surface area (Å²) in [6, 6.07) is 0. The molecule has 0 aliphatic carbocycles. The van der Waals surface area contributed by atoms with Crippen LogP contribution in [-0.4, -0.2) is 12.4 Å². The van der Waals surface area contributed by atoms with E-state index in [0.717, 1.165) is 13.0 Å². The molecule has 16 heavy (non-hydrogen) atoms. The lowest BCUT2D eigenvalue weighted by Crippen LogP contribution is -2.18. The van der Waals surface area contributed by atoms with Crippen molar-refractivity contribution in [2.45, 2.75) is 34.1 Å². The number of alkyl halides is 1. The summed E-state index contributed by atoms with van der Waals surface area (Å²) in [5.41, 5.74) is 2.65. The van der Waals surface area contributed by atoms with Crippen molar-refractivity contribution >= 4 is 11.6 Å². The Hall–Kier alpha value is -0.690. The summed E-state index contributed by atoms with van der Waals surface area (Å²) < 4.78 is 0. The van der Waals surface area contributed by atoms with Crippen LogP contribution in [0.4, 0.5) is 0 Å². The van der Waals surface area contributed by atoms with Gasteiger partial charge in [-0.15, -0.1) is 11.6 Å². The van der Waals surface area contributed by atoms with E-state index in [1.165, 1.54) is 11.3 Å². The normalized spacial score (nSPS) is 15.6. The Balaban J connectivity index is 4.40. The lowest BCUT2D eigenvalue weighted by molar-refractivity contribution is 0.687. The van der Waals surface area contributed by atoms with Crippen molar-refractivity contribution in [3.8, 4) is 0 Å². The summed E-state index contributed by atoms with van der Waals surface area (Å²) in [4.78, 5) is 0. The Morgan fingerprint density at radius 2 is 2.12 bits per heavy atom. The lowest BCUT2D eigenvalue weighted by atomic mass is 9.98. The van der Waals surface area contributed by atoms with Crippen LogP contribution in [0.1, 0.15) is 34.1 Å². The zero-order valence-corrected chi connectivity index (χ0v) is 11.6. The quantitative estimate of drug-likeness (QED) is 0.519. The van der Waals surface area contributed by atoms with Crippen LogP contribution in [0, 0.1) is 5.92 Å². The summed E-state index contributed by atoms with van der Waals surface area (Å²) in [6.07, 6.45) is 9.44. The third-order valence-corrected chi connectivity index (χ3v) is 2.83. The highest BCUT2D eigenvalue weighted by Crippen LogP contribution is 2.17. The van der Waals surface area contributed by atoms with Crippen molar-refractivity contribution in [3.63, 3.8) is 0 Å². The maximum Gasteiger partial charge on any atom is 0.0258 e. The first kappa shape index (κ1) is 15.3. The molecule has 0 aromatic heterocycles. The fourth-order valence-corrected chi connectivity index (χ4v) is 1.60. The number of rotatable bonds is 7. The van der Waals surface area contributed by atoms with Gasteiger partial charge in [0.1, 0.15) is 0 Å². The maximum atomic E-state index is 5.60. The van der Waals surface area contributed by atoms with Gasteiger partial charge in [-0.3, -0.25) is 0 Å². The molecule has 1 nitrogen and oxygen atoms in total. The smallest absolute Gasteiger partial charge is 0.0258 e. The molecule has 0 aliphatic heterocycles. The SMILES string of the molecule is C/C=C(/NCC)[C@@H](C)/C(C)=C\C=C/CCCl. The highest BCUT2D eigenvalue weighted by atomic mass is 35.5. The van der Waals surface area contributed by atoms with Crippen LogP contribution in [0.2, 0.25) is 0 Å². The molecule has 92 valence electrons. The third-order valence-electron chi connectivity index (χ3n) is 2.61. The molecule has 0 amide bonds. The molecule has 0 aliphatic rings. The minimum atomic E-state index is 0.450. The van der Waals surface area contributed by atoms with Gasteiger partial charge in [0.05, 0.1) is 0 Å². The van der Waals surface area contributed by atoms with E-state index in [2.05, 4.69) is 57.3 Å². The standard InChI is InChI=1S/C14H24ClN/c1-5-14(16-6-2)13(4)12(3)10-8-7-9-11-15/h5,7-8,10,13,16H,6,9,11H2,1-4H3/b8-7-,12-10-,14-5+/t13-/m0/s1. The van der Waals surface area contributed by atoms with Gasteiger partial charge < -0.3 is 5.32 Å². The first-order valence-electron chi connectivity index (χ1n) is 5.96. The van der Waals surface area contributed by atoms with Gasteiger partial charge in [0.2, 0.25) is 0 Å². The highest BCUT2D eigenvalue weighted by Gasteiger charge is 2.07. The van der Waals surface area contributed by atoms with Gasteiger partial charge in [-0.05, 0) is 27.2 Å². The van der Waals surface area contributed by atoms with Crippen molar-refractivity contribution < 1.29 is 0 Å². The molecular formula is C14H24ClN. The molecule has 0 saturated carbocycles. The van der Waals surface area contributed by atoms with Crippen LogP contribution in [0.3, 0.4) is 0 Å². The molecule has 0 bridgehead atoms. The number of hydrogen-bond acceptors (Lipinski definition) is 1. The molecule has 0 saturated heterocycles. The molecule has 0 unspecified atom stereocenters. The average Bonchev–Trinajstić information content (AvgIpc) is 2.30. The van der Waals surface area contributed by atoms with Crippen LogP contribution in [0.25, 0.3) is 0 Å². The molecule has 0 fully saturated rings. The fourth-order valence-electron chi connectivity index (χ4n) is 1.48. The molecule has 0 aromatic carbocycles. The lowest BCUT2D eigenvalue weighted by Gasteiger charge is -2.17. The molecule has 0 heterocycles. The van der Waals surface area contributed by atoms with Crippen LogP contribution < -0.4 is 5.32 Å². The first-order chi connectivity index (χ1) is 7.67. The monoisotopic (exact) mass is 241 g/mol. The van der Waals surface area contributed by atoms with Crippen LogP contribution in [0.15, 0.2) is 35.6 Å². The second-order valence-corrected chi connectivity index (χ2v) is 4.19.